The molecular weight excluding hydrogens is 755 g/mol. The Kier molecular flexibility index (Phi) is 60.4. The Bertz CT molecular complexity index is 722. The molecule has 0 rings (SSSR count). The number of rotatable bonds is 47. The molecule has 0 spiro atoms. The minimum absolute atomic E-state index is 0.483. The molecule has 0 aromatic carbocycles. The summed E-state index contributed by atoms with van der Waals surface area (Å²) in [5.41, 5.74) is 0. The van der Waals surface area contributed by atoms with Crippen LogP contribution in [0.25, 0.3) is 0 Å². The lowest BCUT2D eigenvalue weighted by Gasteiger charge is -2.21. The number of unbranched alkanes of at least 4 members (excludes halogenated alkanes) is 21. The second-order valence-electron chi connectivity index (χ2n) is 18.8. The van der Waals surface area contributed by atoms with E-state index in [1.807, 2.05) is 0 Å². The van der Waals surface area contributed by atoms with Gasteiger partial charge in [-0.05, 0) is 77.8 Å². The van der Waals surface area contributed by atoms with Crippen LogP contribution >= 0.6 is 0 Å². The van der Waals surface area contributed by atoms with E-state index in [0.717, 1.165) is 45.2 Å². The summed E-state index contributed by atoms with van der Waals surface area (Å²) < 4.78 is 16.7. The molecule has 0 unspecified atom stereocenters. The predicted molar refractivity (Wildman–Crippen MR) is 269 cm³/mol. The van der Waals surface area contributed by atoms with Gasteiger partial charge in [0, 0.05) is 52.9 Å². The molecular formula is C55H113NO5. The maximum absolute atomic E-state index is 10.5. The molecule has 0 bridgehead atoms. The normalized spacial score (nSPS) is 11.4. The zero-order valence-electron chi connectivity index (χ0n) is 43.2. The largest absolute Gasteiger partial charge is 0.385 e. The van der Waals surface area contributed by atoms with Gasteiger partial charge < -0.3 is 28.7 Å². The van der Waals surface area contributed by atoms with E-state index >= 15 is 0 Å². The average Bonchev–Trinajstić information content (AvgIpc) is 3.25. The minimum atomic E-state index is 0.483. The van der Waals surface area contributed by atoms with E-state index in [0.29, 0.717) is 24.0 Å². The Morgan fingerprint density at radius 1 is 0.410 bits per heavy atom. The monoisotopic (exact) mass is 868 g/mol. The van der Waals surface area contributed by atoms with Gasteiger partial charge in [-0.1, -0.05) is 207 Å². The van der Waals surface area contributed by atoms with E-state index in [1.54, 1.807) is 14.2 Å². The smallest absolute Gasteiger partial charge is 0.120 e. The van der Waals surface area contributed by atoms with E-state index in [2.05, 4.69) is 53.5 Å². The Balaban J connectivity index is -0.000000984. The first kappa shape index (κ1) is 64.5. The van der Waals surface area contributed by atoms with Gasteiger partial charge in [0.05, 0.1) is 6.10 Å². The highest BCUT2D eigenvalue weighted by atomic mass is 16.5. The van der Waals surface area contributed by atoms with Crippen molar-refractivity contribution in [2.45, 2.75) is 285 Å². The standard InChI is InChI=1S/C29H61NO3.2C13H26O/c1-28(2)30(3)24-18-21-27-33-29(22-16-12-8-6-10-14-19-25-31-4)23-17-13-9-7-11-15-20-26-32-5;2*1-3-5-7-9-13(11-12-14)10-8-6-4-2/h28-29H,6-27H2,1-5H3;2*12-13H,3-11H2,1-2H3. The van der Waals surface area contributed by atoms with Crippen LogP contribution in [0.1, 0.15) is 273 Å². The van der Waals surface area contributed by atoms with Crippen LogP contribution in [0.2, 0.25) is 0 Å². The van der Waals surface area contributed by atoms with Crippen molar-refractivity contribution in [1.29, 1.82) is 0 Å². The van der Waals surface area contributed by atoms with Crippen molar-refractivity contribution < 1.29 is 23.8 Å². The number of methoxy groups -OCH3 is 2. The SMILES string of the molecule is CCCCCC(CC=O)CCCCC.CCCCCC(CC=O)CCCCC.COCCCCCCCCCC(CCCCCCCCCOC)OCCCCN(C)C(C)C. The van der Waals surface area contributed by atoms with Crippen molar-refractivity contribution in [1.82, 2.24) is 4.90 Å². The Morgan fingerprint density at radius 2 is 0.721 bits per heavy atom. The zero-order valence-corrected chi connectivity index (χ0v) is 43.2. The molecule has 0 aromatic rings. The third kappa shape index (κ3) is 55.2. The van der Waals surface area contributed by atoms with Crippen molar-refractivity contribution >= 4 is 12.6 Å². The third-order valence-electron chi connectivity index (χ3n) is 12.6. The zero-order chi connectivity index (χ0) is 45.7. The molecule has 0 radical (unpaired) electrons. The van der Waals surface area contributed by atoms with E-state index in [9.17, 15) is 9.59 Å². The molecule has 0 saturated heterocycles. The minimum Gasteiger partial charge on any atom is -0.385 e. The first-order valence-corrected chi connectivity index (χ1v) is 27.0. The third-order valence-corrected chi connectivity index (χ3v) is 12.6. The quantitative estimate of drug-likeness (QED) is 0.0448. The fourth-order valence-corrected chi connectivity index (χ4v) is 8.05. The van der Waals surface area contributed by atoms with Gasteiger partial charge in [0.15, 0.2) is 0 Å². The summed E-state index contributed by atoms with van der Waals surface area (Å²) in [5, 5.41) is 0. The van der Waals surface area contributed by atoms with Crippen molar-refractivity contribution in [2.75, 3.05) is 47.6 Å². The number of hydrogen-bond donors (Lipinski definition) is 0. The van der Waals surface area contributed by atoms with Gasteiger partial charge in [-0.2, -0.15) is 0 Å². The molecule has 0 N–H and O–H groups in total. The summed E-state index contributed by atoms with van der Waals surface area (Å²) >= 11 is 0. The van der Waals surface area contributed by atoms with Crippen LogP contribution in [0.3, 0.4) is 0 Å². The number of carbonyl (C=O) groups is 2. The van der Waals surface area contributed by atoms with E-state index in [-0.39, 0.29) is 0 Å². The number of nitrogens with zero attached hydrogens (tertiary/aromatic N) is 1. The number of ether oxygens (including phenoxy) is 3. The van der Waals surface area contributed by atoms with Gasteiger partial charge >= 0.3 is 0 Å². The van der Waals surface area contributed by atoms with Crippen LogP contribution in [-0.4, -0.2) is 77.3 Å². The molecule has 0 fully saturated rings. The van der Waals surface area contributed by atoms with Crippen molar-refractivity contribution in [3.63, 3.8) is 0 Å². The van der Waals surface area contributed by atoms with E-state index < -0.39 is 0 Å². The molecule has 6 heteroatoms. The van der Waals surface area contributed by atoms with E-state index in [4.69, 9.17) is 14.2 Å². The Morgan fingerprint density at radius 3 is 1.03 bits per heavy atom. The molecule has 0 aliphatic heterocycles. The van der Waals surface area contributed by atoms with Crippen LogP contribution in [0.4, 0.5) is 0 Å². The van der Waals surface area contributed by atoms with Crippen molar-refractivity contribution in [3.05, 3.63) is 0 Å². The molecule has 0 heterocycles. The molecule has 0 aliphatic rings. The molecule has 0 saturated carbocycles. The topological polar surface area (TPSA) is 65.1 Å². The molecule has 0 atom stereocenters. The lowest BCUT2D eigenvalue weighted by atomic mass is 9.93. The maximum Gasteiger partial charge on any atom is 0.120 e. The van der Waals surface area contributed by atoms with E-state index in [1.165, 1.54) is 225 Å². The predicted octanol–water partition coefficient (Wildman–Crippen LogP) is 16.7. The first-order valence-electron chi connectivity index (χ1n) is 27.0. The summed E-state index contributed by atoms with van der Waals surface area (Å²) in [6, 6.07) is 0.638. The second kappa shape index (κ2) is 57.2. The number of aldehydes is 2. The Labute approximate surface area is 384 Å². The van der Waals surface area contributed by atoms with Gasteiger partial charge in [-0.25, -0.2) is 0 Å². The van der Waals surface area contributed by atoms with Gasteiger partial charge in [-0.15, -0.1) is 0 Å². The average molecular weight is 869 g/mol. The summed E-state index contributed by atoms with van der Waals surface area (Å²) in [7, 11) is 5.82. The molecule has 0 aliphatic carbocycles. The van der Waals surface area contributed by atoms with Crippen LogP contribution in [0.15, 0.2) is 0 Å². The molecule has 61 heavy (non-hydrogen) atoms. The highest BCUT2D eigenvalue weighted by molar-refractivity contribution is 5.49. The first-order chi connectivity index (χ1) is 29.8. The van der Waals surface area contributed by atoms with Gasteiger partial charge in [-0.3, -0.25) is 0 Å². The molecule has 6 nitrogen and oxygen atoms in total. The summed E-state index contributed by atoms with van der Waals surface area (Å²) in [5.74, 6) is 1.34. The highest BCUT2D eigenvalue weighted by Gasteiger charge is 2.11. The van der Waals surface area contributed by atoms with Crippen LogP contribution < -0.4 is 0 Å². The number of hydrogen-bond acceptors (Lipinski definition) is 6. The summed E-state index contributed by atoms with van der Waals surface area (Å²) in [6.45, 7) is 17.4. The summed E-state index contributed by atoms with van der Waals surface area (Å²) in [4.78, 5) is 23.4. The van der Waals surface area contributed by atoms with Gasteiger partial charge in [0.2, 0.25) is 0 Å². The fourth-order valence-electron chi connectivity index (χ4n) is 8.05. The number of carbonyl (C=O) groups excluding carboxylic acids is 2. The fraction of sp³-hybridized carbons (Fsp3) is 0.964. The molecule has 0 aromatic heterocycles. The van der Waals surface area contributed by atoms with Crippen LogP contribution in [0.5, 0.6) is 0 Å². The lowest BCUT2D eigenvalue weighted by molar-refractivity contribution is -0.109. The maximum atomic E-state index is 10.5. The highest BCUT2D eigenvalue weighted by Crippen LogP contribution is 2.21. The molecule has 368 valence electrons. The van der Waals surface area contributed by atoms with Crippen molar-refractivity contribution in [2.24, 2.45) is 11.8 Å². The Hall–Kier alpha value is -0.820. The van der Waals surface area contributed by atoms with Crippen LogP contribution in [0, 0.1) is 11.8 Å². The van der Waals surface area contributed by atoms with Crippen molar-refractivity contribution in [3.8, 4) is 0 Å². The molecule has 0 amide bonds. The summed E-state index contributed by atoms with van der Waals surface area (Å²) in [6.07, 6.45) is 48.6. The van der Waals surface area contributed by atoms with Crippen LogP contribution in [-0.2, 0) is 23.8 Å². The van der Waals surface area contributed by atoms with Gasteiger partial charge in [0.25, 0.3) is 0 Å². The lowest BCUT2D eigenvalue weighted by Crippen LogP contribution is -2.27. The van der Waals surface area contributed by atoms with Gasteiger partial charge in [0.1, 0.15) is 12.6 Å². The second-order valence-corrected chi connectivity index (χ2v) is 18.8.